The van der Waals surface area contributed by atoms with Crippen molar-refractivity contribution in [3.8, 4) is 0 Å². The molecule has 0 bridgehead atoms. The fourth-order valence-electron chi connectivity index (χ4n) is 1.77. The molecule has 0 saturated heterocycles. The fourth-order valence-corrected chi connectivity index (χ4v) is 1.94. The molecular weight excluding hydrogens is 284 g/mol. The lowest BCUT2D eigenvalue weighted by Gasteiger charge is -2.14. The highest BCUT2D eigenvalue weighted by atomic mass is 35.5. The molecule has 0 aliphatic rings. The van der Waals surface area contributed by atoms with Crippen LogP contribution < -0.4 is 5.32 Å². The molecule has 0 fully saturated rings. The van der Waals surface area contributed by atoms with Gasteiger partial charge in [-0.3, -0.25) is 10.1 Å². The molecule has 0 radical (unpaired) electrons. The number of aromatic nitrogens is 2. The maximum Gasteiger partial charge on any atom is 0.293 e. The fraction of sp³-hybridized carbons (Fsp3) is 0.333. The molecule has 0 spiro atoms. The molecule has 20 heavy (non-hydrogen) atoms. The number of halogens is 1. The monoisotopic (exact) mass is 296 g/mol. The van der Waals surface area contributed by atoms with Gasteiger partial charge in [0.15, 0.2) is 5.82 Å². The van der Waals surface area contributed by atoms with Crippen LogP contribution >= 0.6 is 11.6 Å². The van der Waals surface area contributed by atoms with Crippen LogP contribution in [0.25, 0.3) is 0 Å². The number of nitro benzene ring substituents is 1. The SMILES string of the molecule is CCC(Nc1ccc(Cl)cc1[N+](=O)[O-])c1noc(C)n1. The van der Waals surface area contributed by atoms with E-state index in [0.29, 0.717) is 28.8 Å². The molecule has 1 heterocycles. The number of nitrogens with one attached hydrogen (secondary N) is 1. The Morgan fingerprint density at radius 1 is 1.55 bits per heavy atom. The molecule has 7 nitrogen and oxygen atoms in total. The number of hydrogen-bond donors (Lipinski definition) is 1. The first-order valence-corrected chi connectivity index (χ1v) is 6.39. The lowest BCUT2D eigenvalue weighted by molar-refractivity contribution is -0.384. The summed E-state index contributed by atoms with van der Waals surface area (Å²) in [7, 11) is 0. The number of nitrogens with zero attached hydrogens (tertiary/aromatic N) is 3. The third-order valence-electron chi connectivity index (χ3n) is 2.75. The molecule has 0 aliphatic carbocycles. The minimum atomic E-state index is -0.484. The van der Waals surface area contributed by atoms with Gasteiger partial charge in [-0.05, 0) is 18.6 Å². The predicted octanol–water partition coefficient (Wildman–Crippen LogP) is 3.50. The molecule has 2 aromatic rings. The Balaban J connectivity index is 2.30. The summed E-state index contributed by atoms with van der Waals surface area (Å²) < 4.78 is 4.93. The standard InChI is InChI=1S/C12H13ClN4O3/c1-3-9(12-14-7(2)20-16-12)15-10-5-4-8(13)6-11(10)17(18)19/h4-6,9,15H,3H2,1-2H3. The van der Waals surface area contributed by atoms with Crippen molar-refractivity contribution in [1.29, 1.82) is 0 Å². The molecule has 2 rings (SSSR count). The largest absolute Gasteiger partial charge is 0.369 e. The van der Waals surface area contributed by atoms with Crippen LogP contribution in [0.2, 0.25) is 5.02 Å². The molecule has 0 amide bonds. The van der Waals surface area contributed by atoms with Gasteiger partial charge in [0.25, 0.3) is 5.69 Å². The Kier molecular flexibility index (Phi) is 4.19. The zero-order chi connectivity index (χ0) is 14.7. The summed E-state index contributed by atoms with van der Waals surface area (Å²) in [6, 6.07) is 4.19. The van der Waals surface area contributed by atoms with Gasteiger partial charge in [0.05, 0.1) is 11.0 Å². The van der Waals surface area contributed by atoms with E-state index in [-0.39, 0.29) is 11.7 Å². The maximum atomic E-state index is 11.0. The van der Waals surface area contributed by atoms with Gasteiger partial charge >= 0.3 is 0 Å². The number of nitro groups is 1. The summed E-state index contributed by atoms with van der Waals surface area (Å²) in [6.45, 7) is 3.61. The molecule has 1 N–H and O–H groups in total. The summed E-state index contributed by atoms with van der Waals surface area (Å²) >= 11 is 5.78. The van der Waals surface area contributed by atoms with Crippen LogP contribution in [0, 0.1) is 17.0 Å². The van der Waals surface area contributed by atoms with E-state index in [1.54, 1.807) is 19.1 Å². The topological polar surface area (TPSA) is 94.1 Å². The van der Waals surface area contributed by atoms with Crippen LogP contribution in [0.4, 0.5) is 11.4 Å². The molecule has 8 heteroatoms. The van der Waals surface area contributed by atoms with Gasteiger partial charge < -0.3 is 9.84 Å². The van der Waals surface area contributed by atoms with Gasteiger partial charge in [0.1, 0.15) is 5.69 Å². The van der Waals surface area contributed by atoms with Crippen molar-refractivity contribution >= 4 is 23.0 Å². The second kappa shape index (κ2) is 5.87. The van der Waals surface area contributed by atoms with Crippen LogP contribution in [0.3, 0.4) is 0 Å². The van der Waals surface area contributed by atoms with Gasteiger partial charge in [-0.15, -0.1) is 0 Å². The normalized spacial score (nSPS) is 12.2. The highest BCUT2D eigenvalue weighted by molar-refractivity contribution is 6.30. The van der Waals surface area contributed by atoms with Crippen molar-refractivity contribution in [3.63, 3.8) is 0 Å². The van der Waals surface area contributed by atoms with Crippen molar-refractivity contribution in [3.05, 3.63) is 45.1 Å². The number of rotatable bonds is 5. The highest BCUT2D eigenvalue weighted by Gasteiger charge is 2.20. The van der Waals surface area contributed by atoms with Crippen LogP contribution in [0.1, 0.15) is 31.1 Å². The predicted molar refractivity (Wildman–Crippen MR) is 73.8 cm³/mol. The Bertz CT molecular complexity index is 629. The highest BCUT2D eigenvalue weighted by Crippen LogP contribution is 2.31. The molecule has 0 saturated carbocycles. The van der Waals surface area contributed by atoms with Crippen molar-refractivity contribution in [1.82, 2.24) is 10.1 Å². The first kappa shape index (κ1) is 14.3. The van der Waals surface area contributed by atoms with Gasteiger partial charge in [0, 0.05) is 18.0 Å². The van der Waals surface area contributed by atoms with Crippen LogP contribution in [0.5, 0.6) is 0 Å². The first-order valence-electron chi connectivity index (χ1n) is 6.02. The first-order chi connectivity index (χ1) is 9.51. The summed E-state index contributed by atoms with van der Waals surface area (Å²) in [4.78, 5) is 14.7. The van der Waals surface area contributed by atoms with E-state index in [9.17, 15) is 10.1 Å². The lowest BCUT2D eigenvalue weighted by atomic mass is 10.2. The van der Waals surface area contributed by atoms with E-state index >= 15 is 0 Å². The van der Waals surface area contributed by atoms with E-state index in [4.69, 9.17) is 16.1 Å². The lowest BCUT2D eigenvalue weighted by Crippen LogP contribution is -2.12. The van der Waals surface area contributed by atoms with Gasteiger partial charge in [-0.25, -0.2) is 0 Å². The van der Waals surface area contributed by atoms with E-state index in [2.05, 4.69) is 15.5 Å². The zero-order valence-corrected chi connectivity index (χ0v) is 11.7. The Morgan fingerprint density at radius 2 is 2.30 bits per heavy atom. The van der Waals surface area contributed by atoms with Crippen molar-refractivity contribution in [2.75, 3.05) is 5.32 Å². The van der Waals surface area contributed by atoms with Crippen molar-refractivity contribution in [2.24, 2.45) is 0 Å². The van der Waals surface area contributed by atoms with E-state index in [1.807, 2.05) is 6.92 Å². The third-order valence-corrected chi connectivity index (χ3v) is 2.98. The molecule has 106 valence electrons. The van der Waals surface area contributed by atoms with Gasteiger partial charge in [0.2, 0.25) is 5.89 Å². The minimum Gasteiger partial charge on any atom is -0.369 e. The average Bonchev–Trinajstić information content (AvgIpc) is 2.83. The summed E-state index contributed by atoms with van der Waals surface area (Å²) in [5.41, 5.74) is 0.282. The quantitative estimate of drug-likeness (QED) is 0.670. The van der Waals surface area contributed by atoms with Gasteiger partial charge in [-0.2, -0.15) is 4.98 Å². The number of anilines is 1. The minimum absolute atomic E-state index is 0.0869. The Morgan fingerprint density at radius 3 is 2.85 bits per heavy atom. The smallest absolute Gasteiger partial charge is 0.293 e. The molecular formula is C12H13ClN4O3. The van der Waals surface area contributed by atoms with Gasteiger partial charge in [-0.1, -0.05) is 23.7 Å². The van der Waals surface area contributed by atoms with Crippen LogP contribution in [-0.2, 0) is 0 Å². The van der Waals surface area contributed by atoms with E-state index in [0.717, 1.165) is 0 Å². The number of benzene rings is 1. The van der Waals surface area contributed by atoms with Crippen molar-refractivity contribution < 1.29 is 9.45 Å². The van der Waals surface area contributed by atoms with Crippen LogP contribution in [0.15, 0.2) is 22.7 Å². The molecule has 1 atom stereocenters. The Hall–Kier alpha value is -2.15. The zero-order valence-electron chi connectivity index (χ0n) is 11.0. The molecule has 1 aromatic carbocycles. The van der Waals surface area contributed by atoms with Crippen LogP contribution in [-0.4, -0.2) is 15.1 Å². The molecule has 1 unspecified atom stereocenters. The molecule has 0 aliphatic heterocycles. The van der Waals surface area contributed by atoms with Crippen molar-refractivity contribution in [2.45, 2.75) is 26.3 Å². The Labute approximate surface area is 120 Å². The number of hydrogen-bond acceptors (Lipinski definition) is 6. The number of aryl methyl sites for hydroxylation is 1. The summed E-state index contributed by atoms with van der Waals surface area (Å²) in [5.74, 6) is 0.917. The summed E-state index contributed by atoms with van der Waals surface area (Å²) in [6.07, 6.45) is 0.652. The van der Waals surface area contributed by atoms with E-state index in [1.165, 1.54) is 6.07 Å². The maximum absolute atomic E-state index is 11.0. The second-order valence-electron chi connectivity index (χ2n) is 4.20. The van der Waals surface area contributed by atoms with E-state index < -0.39 is 4.92 Å². The average molecular weight is 297 g/mol. The second-order valence-corrected chi connectivity index (χ2v) is 4.63. The summed E-state index contributed by atoms with van der Waals surface area (Å²) in [5, 5.41) is 18.2. The molecule has 1 aromatic heterocycles. The third kappa shape index (κ3) is 3.05.